The van der Waals surface area contributed by atoms with E-state index in [1.165, 1.54) is 10.8 Å². The second-order valence-electron chi connectivity index (χ2n) is 3.58. The van der Waals surface area contributed by atoms with Gasteiger partial charge in [-0.1, -0.05) is 11.3 Å². The van der Waals surface area contributed by atoms with Gasteiger partial charge in [0.05, 0.1) is 0 Å². The number of benzene rings is 1. The van der Waals surface area contributed by atoms with Gasteiger partial charge in [-0.15, -0.1) is 15.3 Å². The molecular formula is C10H5F2N5OS. The summed E-state index contributed by atoms with van der Waals surface area (Å²) in [6.45, 7) is 0. The monoisotopic (exact) mass is 281 g/mol. The van der Waals surface area contributed by atoms with E-state index in [0.29, 0.717) is 11.0 Å². The van der Waals surface area contributed by atoms with E-state index in [0.717, 1.165) is 23.5 Å². The van der Waals surface area contributed by atoms with Gasteiger partial charge < -0.3 is 0 Å². The average molecular weight is 281 g/mol. The summed E-state index contributed by atoms with van der Waals surface area (Å²) in [6, 6.07) is 2.58. The van der Waals surface area contributed by atoms with E-state index in [2.05, 4.69) is 20.6 Å². The highest BCUT2D eigenvalue weighted by Gasteiger charge is 2.12. The molecule has 0 atom stereocenters. The molecule has 1 amide bonds. The quantitative estimate of drug-likeness (QED) is 0.776. The van der Waals surface area contributed by atoms with Crippen LogP contribution in [0.25, 0.3) is 4.96 Å². The number of carbonyl (C=O) groups is 1. The van der Waals surface area contributed by atoms with Crippen LogP contribution in [-0.2, 0) is 0 Å². The Labute approximate surface area is 108 Å². The Balaban J connectivity index is 1.86. The van der Waals surface area contributed by atoms with Gasteiger partial charge in [0.15, 0.2) is 0 Å². The van der Waals surface area contributed by atoms with Gasteiger partial charge in [0.1, 0.15) is 18.0 Å². The van der Waals surface area contributed by atoms with Crippen molar-refractivity contribution < 1.29 is 13.6 Å². The molecule has 3 aromatic rings. The lowest BCUT2D eigenvalue weighted by molar-refractivity contribution is 0.102. The van der Waals surface area contributed by atoms with Crippen LogP contribution in [0.2, 0.25) is 0 Å². The van der Waals surface area contributed by atoms with Gasteiger partial charge in [-0.05, 0) is 12.1 Å². The fraction of sp³-hybridized carbons (Fsp3) is 0. The molecule has 0 saturated carbocycles. The Hall–Kier alpha value is -2.42. The van der Waals surface area contributed by atoms with Crippen LogP contribution < -0.4 is 5.32 Å². The first-order valence-electron chi connectivity index (χ1n) is 5.06. The summed E-state index contributed by atoms with van der Waals surface area (Å²) < 4.78 is 27.4. The predicted octanol–water partition coefficient (Wildman–Crippen LogP) is 1.72. The molecule has 19 heavy (non-hydrogen) atoms. The van der Waals surface area contributed by atoms with Crippen LogP contribution in [0, 0.1) is 11.6 Å². The molecule has 0 radical (unpaired) electrons. The van der Waals surface area contributed by atoms with Crippen molar-refractivity contribution in [2.45, 2.75) is 0 Å². The van der Waals surface area contributed by atoms with E-state index in [1.54, 1.807) is 0 Å². The minimum absolute atomic E-state index is 0.122. The van der Waals surface area contributed by atoms with E-state index in [-0.39, 0.29) is 10.7 Å². The van der Waals surface area contributed by atoms with Crippen molar-refractivity contribution >= 4 is 27.3 Å². The molecule has 0 bridgehead atoms. The molecule has 0 saturated heterocycles. The van der Waals surface area contributed by atoms with Crippen molar-refractivity contribution in [2.75, 3.05) is 5.32 Å². The van der Waals surface area contributed by atoms with Crippen molar-refractivity contribution in [3.05, 3.63) is 41.7 Å². The zero-order valence-corrected chi connectivity index (χ0v) is 9.99. The lowest BCUT2D eigenvalue weighted by atomic mass is 10.2. The number of halogens is 2. The highest BCUT2D eigenvalue weighted by molar-refractivity contribution is 7.20. The molecular weight excluding hydrogens is 276 g/mol. The highest BCUT2D eigenvalue weighted by Crippen LogP contribution is 2.18. The van der Waals surface area contributed by atoms with Crippen LogP contribution in [0.15, 0.2) is 24.5 Å². The van der Waals surface area contributed by atoms with E-state index >= 15 is 0 Å². The molecule has 3 rings (SSSR count). The summed E-state index contributed by atoms with van der Waals surface area (Å²) in [5, 5.41) is 14.0. The number of anilines is 1. The van der Waals surface area contributed by atoms with Crippen molar-refractivity contribution in [1.82, 2.24) is 19.8 Å². The minimum atomic E-state index is -0.816. The number of rotatable bonds is 2. The van der Waals surface area contributed by atoms with Gasteiger partial charge in [-0.3, -0.25) is 10.1 Å². The lowest BCUT2D eigenvalue weighted by Gasteiger charge is -2.01. The Morgan fingerprint density at radius 2 is 2.00 bits per heavy atom. The maximum atomic E-state index is 13.0. The number of carbonyl (C=O) groups excluding carboxylic acids is 1. The SMILES string of the molecule is O=C(Nc1nn2cnnc2s1)c1cc(F)cc(F)c1. The molecule has 96 valence electrons. The number of aromatic nitrogens is 4. The van der Waals surface area contributed by atoms with Crippen LogP contribution >= 0.6 is 11.3 Å². The summed E-state index contributed by atoms with van der Waals surface area (Å²) in [5.74, 6) is -2.28. The van der Waals surface area contributed by atoms with Gasteiger partial charge >= 0.3 is 0 Å². The maximum Gasteiger partial charge on any atom is 0.257 e. The molecule has 0 spiro atoms. The molecule has 9 heteroatoms. The second-order valence-corrected chi connectivity index (χ2v) is 4.53. The molecule has 0 aliphatic rings. The van der Waals surface area contributed by atoms with Crippen molar-refractivity contribution in [3.8, 4) is 0 Å². The molecule has 1 aromatic carbocycles. The Kier molecular flexibility index (Phi) is 2.67. The zero-order valence-electron chi connectivity index (χ0n) is 9.17. The van der Waals surface area contributed by atoms with Gasteiger partial charge in [-0.2, -0.15) is 4.52 Å². The highest BCUT2D eigenvalue weighted by atomic mass is 32.1. The van der Waals surface area contributed by atoms with E-state index in [9.17, 15) is 13.6 Å². The van der Waals surface area contributed by atoms with Gasteiger partial charge in [0, 0.05) is 11.6 Å². The number of nitrogens with zero attached hydrogens (tertiary/aromatic N) is 4. The number of hydrogen-bond donors (Lipinski definition) is 1. The van der Waals surface area contributed by atoms with Crippen molar-refractivity contribution in [1.29, 1.82) is 0 Å². The molecule has 2 heterocycles. The lowest BCUT2D eigenvalue weighted by Crippen LogP contribution is -2.12. The topological polar surface area (TPSA) is 72.2 Å². The van der Waals surface area contributed by atoms with Crippen LogP contribution in [0.1, 0.15) is 10.4 Å². The van der Waals surface area contributed by atoms with Gasteiger partial charge in [-0.25, -0.2) is 8.78 Å². The predicted molar refractivity (Wildman–Crippen MR) is 63.0 cm³/mol. The maximum absolute atomic E-state index is 13.0. The molecule has 2 aromatic heterocycles. The summed E-state index contributed by atoms with van der Waals surface area (Å²) in [7, 11) is 0. The summed E-state index contributed by atoms with van der Waals surface area (Å²) in [6.07, 6.45) is 1.38. The van der Waals surface area contributed by atoms with Crippen molar-refractivity contribution in [2.24, 2.45) is 0 Å². The smallest absolute Gasteiger partial charge is 0.257 e. The first kappa shape index (κ1) is 11.7. The number of nitrogens with one attached hydrogen (secondary N) is 1. The minimum Gasteiger partial charge on any atom is -0.296 e. The normalized spacial score (nSPS) is 10.8. The largest absolute Gasteiger partial charge is 0.296 e. The molecule has 0 aliphatic carbocycles. The third kappa shape index (κ3) is 2.27. The fourth-order valence-corrected chi connectivity index (χ4v) is 2.18. The fourth-order valence-electron chi connectivity index (χ4n) is 1.46. The molecule has 0 unspecified atom stereocenters. The summed E-state index contributed by atoms with van der Waals surface area (Å²) in [4.78, 5) is 12.3. The Bertz CT molecular complexity index is 719. The van der Waals surface area contributed by atoms with Crippen molar-refractivity contribution in [3.63, 3.8) is 0 Å². The van der Waals surface area contributed by atoms with E-state index in [1.807, 2.05) is 0 Å². The first-order valence-corrected chi connectivity index (χ1v) is 5.88. The first-order chi connectivity index (χ1) is 9.11. The van der Waals surface area contributed by atoms with E-state index < -0.39 is 17.5 Å². The Morgan fingerprint density at radius 3 is 2.68 bits per heavy atom. The molecule has 0 fully saturated rings. The second kappa shape index (κ2) is 4.35. The van der Waals surface area contributed by atoms with Crippen LogP contribution in [0.3, 0.4) is 0 Å². The third-order valence-electron chi connectivity index (χ3n) is 2.23. The van der Waals surface area contributed by atoms with Gasteiger partial charge in [0.25, 0.3) is 5.91 Å². The average Bonchev–Trinajstić information content (AvgIpc) is 2.88. The van der Waals surface area contributed by atoms with Crippen LogP contribution in [-0.4, -0.2) is 25.7 Å². The standard InChI is InChI=1S/C10H5F2N5OS/c11-6-1-5(2-7(12)3-6)8(18)14-9-16-17-4-13-15-10(17)19-9/h1-4H,(H,14,16,18). The number of amides is 1. The van der Waals surface area contributed by atoms with Gasteiger partial charge in [0.2, 0.25) is 10.1 Å². The zero-order chi connectivity index (χ0) is 13.4. The van der Waals surface area contributed by atoms with Crippen LogP contribution in [0.4, 0.5) is 13.9 Å². The molecule has 1 N–H and O–H groups in total. The third-order valence-corrected chi connectivity index (χ3v) is 3.06. The van der Waals surface area contributed by atoms with E-state index in [4.69, 9.17) is 0 Å². The van der Waals surface area contributed by atoms with Crippen LogP contribution in [0.5, 0.6) is 0 Å². The summed E-state index contributed by atoms with van der Waals surface area (Å²) in [5.41, 5.74) is -0.122. The Morgan fingerprint density at radius 1 is 1.26 bits per heavy atom. The molecule has 6 nitrogen and oxygen atoms in total. The number of fused-ring (bicyclic) bond motifs is 1. The summed E-state index contributed by atoms with van der Waals surface area (Å²) >= 11 is 1.09. The molecule has 0 aliphatic heterocycles. The number of hydrogen-bond acceptors (Lipinski definition) is 5.